The summed E-state index contributed by atoms with van der Waals surface area (Å²) in [4.78, 5) is 11.4. The summed E-state index contributed by atoms with van der Waals surface area (Å²) < 4.78 is 4.71. The number of carbonyl (C=O) groups is 1. The van der Waals surface area contributed by atoms with E-state index in [1.807, 2.05) is 24.3 Å². The Labute approximate surface area is 121 Å². The minimum Gasteiger partial charge on any atom is -0.465 e. The number of methoxy groups -OCH3 is 1. The SMILES string of the molecule is CCC1CCCCC1NCc1ccc(C(=O)OC)cc1. The first-order valence-corrected chi connectivity index (χ1v) is 7.65. The molecule has 3 heteroatoms. The molecule has 3 nitrogen and oxygen atoms in total. The fourth-order valence-corrected chi connectivity index (χ4v) is 3.09. The summed E-state index contributed by atoms with van der Waals surface area (Å²) >= 11 is 0. The average Bonchev–Trinajstić information content (AvgIpc) is 2.53. The summed E-state index contributed by atoms with van der Waals surface area (Å²) in [5.41, 5.74) is 1.83. The number of benzene rings is 1. The topological polar surface area (TPSA) is 38.3 Å². The fourth-order valence-electron chi connectivity index (χ4n) is 3.09. The lowest BCUT2D eigenvalue weighted by Gasteiger charge is -2.31. The number of hydrogen-bond donors (Lipinski definition) is 1. The van der Waals surface area contributed by atoms with Crippen molar-refractivity contribution in [1.29, 1.82) is 0 Å². The van der Waals surface area contributed by atoms with Gasteiger partial charge in [0.05, 0.1) is 12.7 Å². The van der Waals surface area contributed by atoms with Gasteiger partial charge in [-0.3, -0.25) is 0 Å². The summed E-state index contributed by atoms with van der Waals surface area (Å²) in [6.07, 6.45) is 6.63. The van der Waals surface area contributed by atoms with Crippen LogP contribution in [0, 0.1) is 5.92 Å². The molecule has 2 unspecified atom stereocenters. The minimum absolute atomic E-state index is 0.275. The van der Waals surface area contributed by atoms with E-state index in [4.69, 9.17) is 4.74 Å². The molecule has 1 fully saturated rings. The van der Waals surface area contributed by atoms with Gasteiger partial charge in [0.15, 0.2) is 0 Å². The van der Waals surface area contributed by atoms with Crippen molar-refractivity contribution in [3.8, 4) is 0 Å². The molecule has 1 aromatic rings. The quantitative estimate of drug-likeness (QED) is 0.835. The second-order valence-corrected chi connectivity index (χ2v) is 5.63. The van der Waals surface area contributed by atoms with Crippen molar-refractivity contribution in [2.75, 3.05) is 7.11 Å². The Bertz CT molecular complexity index is 427. The summed E-state index contributed by atoms with van der Waals surface area (Å²) in [5, 5.41) is 3.69. The third-order valence-electron chi connectivity index (χ3n) is 4.38. The van der Waals surface area contributed by atoms with Crippen molar-refractivity contribution >= 4 is 5.97 Å². The highest BCUT2D eigenvalue weighted by atomic mass is 16.5. The highest BCUT2D eigenvalue weighted by Gasteiger charge is 2.22. The largest absolute Gasteiger partial charge is 0.465 e. The van der Waals surface area contributed by atoms with E-state index >= 15 is 0 Å². The Morgan fingerprint density at radius 1 is 1.25 bits per heavy atom. The molecule has 0 bridgehead atoms. The van der Waals surface area contributed by atoms with Crippen LogP contribution in [0.4, 0.5) is 0 Å². The Morgan fingerprint density at radius 3 is 2.60 bits per heavy atom. The van der Waals surface area contributed by atoms with Crippen molar-refractivity contribution in [3.63, 3.8) is 0 Å². The molecule has 1 N–H and O–H groups in total. The fraction of sp³-hybridized carbons (Fsp3) is 0.588. The standard InChI is InChI=1S/C17H25NO2/c1-3-14-6-4-5-7-16(14)18-12-13-8-10-15(11-9-13)17(19)20-2/h8-11,14,16,18H,3-7,12H2,1-2H3. The third kappa shape index (κ3) is 3.83. The number of rotatable bonds is 5. The maximum absolute atomic E-state index is 11.4. The van der Waals surface area contributed by atoms with Gasteiger partial charge in [0.1, 0.15) is 0 Å². The molecule has 0 spiro atoms. The van der Waals surface area contributed by atoms with Gasteiger partial charge < -0.3 is 10.1 Å². The molecule has 0 radical (unpaired) electrons. The Balaban J connectivity index is 1.88. The molecule has 2 atom stereocenters. The van der Waals surface area contributed by atoms with Gasteiger partial charge in [-0.15, -0.1) is 0 Å². The van der Waals surface area contributed by atoms with Gasteiger partial charge in [0.25, 0.3) is 0 Å². The molecular weight excluding hydrogens is 250 g/mol. The smallest absolute Gasteiger partial charge is 0.337 e. The second-order valence-electron chi connectivity index (χ2n) is 5.63. The first-order chi connectivity index (χ1) is 9.74. The van der Waals surface area contributed by atoms with E-state index in [1.54, 1.807) is 0 Å². The number of hydrogen-bond acceptors (Lipinski definition) is 3. The molecule has 0 saturated heterocycles. The van der Waals surface area contributed by atoms with Crippen LogP contribution in [0.1, 0.15) is 54.9 Å². The van der Waals surface area contributed by atoms with E-state index in [-0.39, 0.29) is 5.97 Å². The number of nitrogens with one attached hydrogen (secondary N) is 1. The lowest BCUT2D eigenvalue weighted by atomic mass is 9.83. The predicted octanol–water partition coefficient (Wildman–Crippen LogP) is 3.53. The maximum atomic E-state index is 11.4. The van der Waals surface area contributed by atoms with Gasteiger partial charge in [0.2, 0.25) is 0 Å². The molecule has 0 aromatic heterocycles. The Kier molecular flexibility index (Phi) is 5.60. The van der Waals surface area contributed by atoms with Crippen LogP contribution in [0.2, 0.25) is 0 Å². The number of ether oxygens (including phenoxy) is 1. The zero-order valence-electron chi connectivity index (χ0n) is 12.5. The predicted molar refractivity (Wildman–Crippen MR) is 80.7 cm³/mol. The van der Waals surface area contributed by atoms with Gasteiger partial charge in [-0.2, -0.15) is 0 Å². The molecule has 1 aliphatic rings. The van der Waals surface area contributed by atoms with Crippen molar-refractivity contribution in [1.82, 2.24) is 5.32 Å². The molecule has 0 amide bonds. The number of carbonyl (C=O) groups excluding carboxylic acids is 1. The van der Waals surface area contributed by atoms with E-state index in [1.165, 1.54) is 44.8 Å². The Hall–Kier alpha value is -1.35. The van der Waals surface area contributed by atoms with Crippen LogP contribution in [0.15, 0.2) is 24.3 Å². The minimum atomic E-state index is -0.275. The van der Waals surface area contributed by atoms with Crippen LogP contribution in [-0.2, 0) is 11.3 Å². The zero-order valence-corrected chi connectivity index (χ0v) is 12.5. The monoisotopic (exact) mass is 275 g/mol. The van der Waals surface area contributed by atoms with Crippen LogP contribution < -0.4 is 5.32 Å². The molecule has 0 heterocycles. The number of esters is 1. The van der Waals surface area contributed by atoms with Gasteiger partial charge in [-0.1, -0.05) is 38.3 Å². The van der Waals surface area contributed by atoms with Gasteiger partial charge in [-0.05, 0) is 36.5 Å². The molecule has 110 valence electrons. The summed E-state index contributed by atoms with van der Waals surface area (Å²) in [7, 11) is 1.41. The lowest BCUT2D eigenvalue weighted by molar-refractivity contribution is 0.0600. The normalized spacial score (nSPS) is 22.5. The summed E-state index contributed by atoms with van der Waals surface area (Å²) in [6.45, 7) is 3.17. The average molecular weight is 275 g/mol. The van der Waals surface area contributed by atoms with Gasteiger partial charge in [0, 0.05) is 12.6 Å². The summed E-state index contributed by atoms with van der Waals surface area (Å²) in [6, 6.07) is 8.32. The van der Waals surface area contributed by atoms with E-state index in [0.29, 0.717) is 11.6 Å². The van der Waals surface area contributed by atoms with Crippen LogP contribution >= 0.6 is 0 Å². The first kappa shape index (κ1) is 15.0. The van der Waals surface area contributed by atoms with Crippen molar-refractivity contribution < 1.29 is 9.53 Å². The first-order valence-electron chi connectivity index (χ1n) is 7.65. The molecule has 20 heavy (non-hydrogen) atoms. The molecule has 2 rings (SSSR count). The van der Waals surface area contributed by atoms with E-state index in [9.17, 15) is 4.79 Å². The van der Waals surface area contributed by atoms with Crippen molar-refractivity contribution in [2.24, 2.45) is 5.92 Å². The van der Waals surface area contributed by atoms with E-state index < -0.39 is 0 Å². The highest BCUT2D eigenvalue weighted by molar-refractivity contribution is 5.89. The zero-order chi connectivity index (χ0) is 14.4. The van der Waals surface area contributed by atoms with E-state index in [2.05, 4.69) is 12.2 Å². The molecular formula is C17H25NO2. The van der Waals surface area contributed by atoms with Crippen molar-refractivity contribution in [3.05, 3.63) is 35.4 Å². The summed E-state index contributed by atoms with van der Waals surface area (Å²) in [5.74, 6) is 0.543. The highest BCUT2D eigenvalue weighted by Crippen LogP contribution is 2.27. The Morgan fingerprint density at radius 2 is 1.95 bits per heavy atom. The molecule has 1 aliphatic carbocycles. The van der Waals surface area contributed by atoms with Crippen molar-refractivity contribution in [2.45, 2.75) is 51.6 Å². The second kappa shape index (κ2) is 7.44. The van der Waals surface area contributed by atoms with Crippen LogP contribution in [0.3, 0.4) is 0 Å². The van der Waals surface area contributed by atoms with Crippen LogP contribution in [0.5, 0.6) is 0 Å². The maximum Gasteiger partial charge on any atom is 0.337 e. The van der Waals surface area contributed by atoms with Crippen LogP contribution in [-0.4, -0.2) is 19.1 Å². The van der Waals surface area contributed by atoms with E-state index in [0.717, 1.165) is 12.5 Å². The third-order valence-corrected chi connectivity index (χ3v) is 4.38. The molecule has 1 saturated carbocycles. The molecule has 1 aromatic carbocycles. The lowest BCUT2D eigenvalue weighted by Crippen LogP contribution is -2.37. The van der Waals surface area contributed by atoms with Crippen LogP contribution in [0.25, 0.3) is 0 Å². The molecule has 0 aliphatic heterocycles. The van der Waals surface area contributed by atoms with Gasteiger partial charge in [-0.25, -0.2) is 4.79 Å². The van der Waals surface area contributed by atoms with Gasteiger partial charge >= 0.3 is 5.97 Å².